The first kappa shape index (κ1) is 17.9. The molecular formula is C21H24N2O4. The van der Waals surface area contributed by atoms with Gasteiger partial charge in [0.15, 0.2) is 5.60 Å². The minimum atomic E-state index is -1.73. The van der Waals surface area contributed by atoms with Crippen molar-refractivity contribution in [1.82, 2.24) is 9.88 Å². The van der Waals surface area contributed by atoms with Gasteiger partial charge in [0.1, 0.15) is 0 Å². The summed E-state index contributed by atoms with van der Waals surface area (Å²) in [5.74, 6) is -0.895. The van der Waals surface area contributed by atoms with Gasteiger partial charge in [0.25, 0.3) is 5.91 Å². The maximum absolute atomic E-state index is 13.3. The average molecular weight is 368 g/mol. The summed E-state index contributed by atoms with van der Waals surface area (Å²) in [5, 5.41) is 20.2. The number of aliphatic hydroxyl groups is 1. The van der Waals surface area contributed by atoms with Crippen LogP contribution >= 0.6 is 0 Å². The number of aryl methyl sites for hydroxylation is 2. The van der Waals surface area contributed by atoms with Crippen LogP contribution in [0.4, 0.5) is 0 Å². The fourth-order valence-electron chi connectivity index (χ4n) is 3.93. The Hall–Kier alpha value is -2.47. The van der Waals surface area contributed by atoms with Gasteiger partial charge < -0.3 is 15.1 Å². The van der Waals surface area contributed by atoms with Crippen molar-refractivity contribution >= 4 is 22.8 Å². The van der Waals surface area contributed by atoms with Gasteiger partial charge in [-0.3, -0.25) is 9.78 Å². The molecule has 1 saturated carbocycles. The van der Waals surface area contributed by atoms with Gasteiger partial charge in [-0.25, -0.2) is 4.79 Å². The van der Waals surface area contributed by atoms with Gasteiger partial charge in [-0.2, -0.15) is 0 Å². The Morgan fingerprint density at radius 1 is 1.15 bits per heavy atom. The van der Waals surface area contributed by atoms with E-state index in [9.17, 15) is 19.8 Å². The van der Waals surface area contributed by atoms with Crippen LogP contribution in [-0.2, 0) is 4.79 Å². The molecule has 142 valence electrons. The number of rotatable bonds is 3. The standard InChI is InChI=1S/C21H24N2O4/c1-12-9-13(2)18-15(10-12)16(11-17(22-18)14-3-4-14)19(24)23-7-5-21(27,6-8-23)20(25)26/h9-11,14,27H,3-8H2,1-2H3,(H,25,26). The lowest BCUT2D eigenvalue weighted by molar-refractivity contribution is -0.162. The highest BCUT2D eigenvalue weighted by atomic mass is 16.4. The molecule has 2 heterocycles. The third-order valence-corrected chi connectivity index (χ3v) is 5.77. The Bertz CT molecular complexity index is 941. The van der Waals surface area contributed by atoms with Crippen molar-refractivity contribution in [3.63, 3.8) is 0 Å². The summed E-state index contributed by atoms with van der Waals surface area (Å²) in [6.07, 6.45) is 2.30. The Morgan fingerprint density at radius 3 is 2.41 bits per heavy atom. The van der Waals surface area contributed by atoms with Crippen LogP contribution in [0.5, 0.6) is 0 Å². The molecule has 6 nitrogen and oxygen atoms in total. The fraction of sp³-hybridized carbons (Fsp3) is 0.476. The molecule has 0 spiro atoms. The molecule has 4 rings (SSSR count). The monoisotopic (exact) mass is 368 g/mol. The zero-order valence-corrected chi connectivity index (χ0v) is 15.7. The van der Waals surface area contributed by atoms with E-state index in [0.717, 1.165) is 40.6 Å². The zero-order valence-electron chi connectivity index (χ0n) is 15.7. The van der Waals surface area contributed by atoms with Crippen LogP contribution in [0, 0.1) is 13.8 Å². The largest absolute Gasteiger partial charge is 0.479 e. The summed E-state index contributed by atoms with van der Waals surface area (Å²) in [5.41, 5.74) is 2.87. The van der Waals surface area contributed by atoms with Crippen molar-refractivity contribution in [1.29, 1.82) is 0 Å². The number of fused-ring (bicyclic) bond motifs is 1. The number of hydrogen-bond donors (Lipinski definition) is 2. The summed E-state index contributed by atoms with van der Waals surface area (Å²) in [6.45, 7) is 4.48. The normalized spacial score (nSPS) is 19.3. The zero-order chi connectivity index (χ0) is 19.3. The smallest absolute Gasteiger partial charge is 0.335 e. The molecule has 1 aromatic carbocycles. The van der Waals surface area contributed by atoms with Crippen molar-refractivity contribution < 1.29 is 19.8 Å². The Kier molecular flexibility index (Phi) is 4.18. The van der Waals surface area contributed by atoms with E-state index in [2.05, 4.69) is 6.07 Å². The third kappa shape index (κ3) is 3.18. The number of amides is 1. The van der Waals surface area contributed by atoms with Crippen LogP contribution in [0.15, 0.2) is 18.2 Å². The van der Waals surface area contributed by atoms with Gasteiger partial charge >= 0.3 is 5.97 Å². The highest BCUT2D eigenvalue weighted by Gasteiger charge is 2.41. The number of benzene rings is 1. The van der Waals surface area contributed by atoms with E-state index >= 15 is 0 Å². The van der Waals surface area contributed by atoms with Gasteiger partial charge in [-0.1, -0.05) is 11.6 Å². The van der Waals surface area contributed by atoms with Gasteiger partial charge in [-0.05, 0) is 44.4 Å². The van der Waals surface area contributed by atoms with Crippen LogP contribution in [0.2, 0.25) is 0 Å². The predicted octanol–water partition coefficient (Wildman–Crippen LogP) is 2.78. The second-order valence-corrected chi connectivity index (χ2v) is 7.98. The van der Waals surface area contributed by atoms with Crippen LogP contribution in [-0.4, -0.2) is 50.7 Å². The first-order chi connectivity index (χ1) is 12.8. The second-order valence-electron chi connectivity index (χ2n) is 7.98. The molecule has 1 aliphatic carbocycles. The highest BCUT2D eigenvalue weighted by Crippen LogP contribution is 2.41. The minimum Gasteiger partial charge on any atom is -0.479 e. The molecule has 0 bridgehead atoms. The number of carboxylic acid groups (broad SMARTS) is 1. The number of carbonyl (C=O) groups is 2. The molecule has 1 amide bonds. The maximum Gasteiger partial charge on any atom is 0.335 e. The molecule has 2 fully saturated rings. The summed E-state index contributed by atoms with van der Waals surface area (Å²) < 4.78 is 0. The number of likely N-dealkylation sites (tertiary alicyclic amines) is 1. The van der Waals surface area contributed by atoms with Crippen LogP contribution < -0.4 is 0 Å². The van der Waals surface area contributed by atoms with Crippen molar-refractivity contribution in [2.24, 2.45) is 0 Å². The molecule has 6 heteroatoms. The number of aliphatic carboxylic acids is 1. The molecule has 1 aliphatic heterocycles. The summed E-state index contributed by atoms with van der Waals surface area (Å²) in [6, 6.07) is 5.99. The number of pyridine rings is 1. The van der Waals surface area contributed by atoms with E-state index < -0.39 is 11.6 Å². The molecule has 1 saturated heterocycles. The highest BCUT2D eigenvalue weighted by molar-refractivity contribution is 6.07. The fourth-order valence-corrected chi connectivity index (χ4v) is 3.93. The first-order valence-electron chi connectivity index (χ1n) is 9.45. The van der Waals surface area contributed by atoms with Crippen molar-refractivity contribution in [2.75, 3.05) is 13.1 Å². The molecule has 2 aromatic rings. The predicted molar refractivity (Wildman–Crippen MR) is 101 cm³/mol. The molecular weight excluding hydrogens is 344 g/mol. The SMILES string of the molecule is Cc1cc(C)c2nc(C3CC3)cc(C(=O)N3CCC(O)(C(=O)O)CC3)c2c1. The summed E-state index contributed by atoms with van der Waals surface area (Å²) in [7, 11) is 0. The Balaban J connectivity index is 1.72. The minimum absolute atomic E-state index is 0.0463. The van der Waals surface area contributed by atoms with Crippen LogP contribution in [0.3, 0.4) is 0 Å². The lowest BCUT2D eigenvalue weighted by Gasteiger charge is -2.35. The van der Waals surface area contributed by atoms with Gasteiger partial charge in [-0.15, -0.1) is 0 Å². The number of nitrogens with zero attached hydrogens (tertiary/aromatic N) is 2. The summed E-state index contributed by atoms with van der Waals surface area (Å²) >= 11 is 0. The number of piperidine rings is 1. The molecule has 27 heavy (non-hydrogen) atoms. The average Bonchev–Trinajstić information content (AvgIpc) is 3.46. The van der Waals surface area contributed by atoms with E-state index in [1.165, 1.54) is 0 Å². The quantitative estimate of drug-likeness (QED) is 0.869. The Labute approximate surface area is 157 Å². The van der Waals surface area contributed by atoms with Crippen molar-refractivity contribution in [3.8, 4) is 0 Å². The maximum atomic E-state index is 13.3. The van der Waals surface area contributed by atoms with Gasteiger partial charge in [0.05, 0.1) is 11.1 Å². The molecule has 0 atom stereocenters. The van der Waals surface area contributed by atoms with E-state index in [4.69, 9.17) is 4.98 Å². The van der Waals surface area contributed by atoms with Crippen molar-refractivity contribution in [2.45, 2.75) is 51.0 Å². The second kappa shape index (κ2) is 6.30. The lowest BCUT2D eigenvalue weighted by Crippen LogP contribution is -2.50. The van der Waals surface area contributed by atoms with Gasteiger partial charge in [0.2, 0.25) is 0 Å². The Morgan fingerprint density at radius 2 is 1.81 bits per heavy atom. The lowest BCUT2D eigenvalue weighted by atomic mass is 9.91. The topological polar surface area (TPSA) is 90.7 Å². The number of aromatic nitrogens is 1. The van der Waals surface area contributed by atoms with Crippen LogP contribution in [0.25, 0.3) is 10.9 Å². The third-order valence-electron chi connectivity index (χ3n) is 5.77. The number of carbonyl (C=O) groups excluding carboxylic acids is 1. The molecule has 1 aromatic heterocycles. The van der Waals surface area contributed by atoms with Gasteiger partial charge in [0, 0.05) is 42.9 Å². The molecule has 2 N–H and O–H groups in total. The summed E-state index contributed by atoms with van der Waals surface area (Å²) in [4.78, 5) is 31.0. The van der Waals surface area contributed by atoms with E-state index in [-0.39, 0.29) is 31.8 Å². The first-order valence-corrected chi connectivity index (χ1v) is 9.45. The molecule has 0 radical (unpaired) electrons. The van der Waals surface area contributed by atoms with E-state index in [1.54, 1.807) is 4.90 Å². The van der Waals surface area contributed by atoms with E-state index in [0.29, 0.717) is 11.5 Å². The molecule has 2 aliphatic rings. The van der Waals surface area contributed by atoms with E-state index in [1.807, 2.05) is 26.0 Å². The number of carboxylic acids is 1. The number of hydrogen-bond acceptors (Lipinski definition) is 4. The van der Waals surface area contributed by atoms with Crippen molar-refractivity contribution in [3.05, 3.63) is 40.6 Å². The molecule has 0 unspecified atom stereocenters. The van der Waals surface area contributed by atoms with Crippen LogP contribution in [0.1, 0.15) is 58.8 Å².